The van der Waals surface area contributed by atoms with E-state index in [-0.39, 0.29) is 0 Å². The van der Waals surface area contributed by atoms with Gasteiger partial charge >= 0.3 is 0 Å². The first-order chi connectivity index (χ1) is 8.66. The van der Waals surface area contributed by atoms with Crippen molar-refractivity contribution in [2.75, 3.05) is 0 Å². The van der Waals surface area contributed by atoms with Crippen LogP contribution in [-0.4, -0.2) is 9.38 Å². The van der Waals surface area contributed by atoms with Gasteiger partial charge in [0, 0.05) is 11.3 Å². The predicted molar refractivity (Wildman–Crippen MR) is 75.1 cm³/mol. The largest absolute Gasteiger partial charge is 0.295 e. The van der Waals surface area contributed by atoms with E-state index in [1.807, 2.05) is 12.1 Å². The SMILES string of the molecule is Cc1ccc(-c2c(Cl)nc3cccc(C)n23)cc1. The van der Waals surface area contributed by atoms with Gasteiger partial charge in [-0.05, 0) is 26.0 Å². The summed E-state index contributed by atoms with van der Waals surface area (Å²) in [4.78, 5) is 4.40. The number of aromatic nitrogens is 2. The van der Waals surface area contributed by atoms with E-state index in [1.54, 1.807) is 0 Å². The second kappa shape index (κ2) is 4.14. The van der Waals surface area contributed by atoms with Gasteiger partial charge in [0.1, 0.15) is 5.65 Å². The number of hydrogen-bond acceptors (Lipinski definition) is 1. The summed E-state index contributed by atoms with van der Waals surface area (Å²) in [5.74, 6) is 0. The predicted octanol–water partition coefficient (Wildman–Crippen LogP) is 4.27. The summed E-state index contributed by atoms with van der Waals surface area (Å²) in [7, 11) is 0. The molecule has 3 aromatic rings. The lowest BCUT2D eigenvalue weighted by molar-refractivity contribution is 1.10. The molecule has 18 heavy (non-hydrogen) atoms. The lowest BCUT2D eigenvalue weighted by Crippen LogP contribution is -1.93. The third-order valence-electron chi connectivity index (χ3n) is 3.12. The third-order valence-corrected chi connectivity index (χ3v) is 3.38. The molecule has 0 fully saturated rings. The van der Waals surface area contributed by atoms with Crippen molar-refractivity contribution in [2.45, 2.75) is 13.8 Å². The molecule has 0 saturated heterocycles. The normalized spacial score (nSPS) is 11.1. The summed E-state index contributed by atoms with van der Waals surface area (Å²) in [6.07, 6.45) is 0. The number of halogens is 1. The Morgan fingerprint density at radius 3 is 2.44 bits per heavy atom. The molecule has 0 amide bonds. The van der Waals surface area contributed by atoms with Crippen molar-refractivity contribution in [3.05, 3.63) is 58.9 Å². The van der Waals surface area contributed by atoms with Gasteiger partial charge in [0.15, 0.2) is 5.15 Å². The van der Waals surface area contributed by atoms with Crippen molar-refractivity contribution >= 4 is 17.2 Å². The number of imidazole rings is 1. The third kappa shape index (κ3) is 1.70. The number of hydrogen-bond donors (Lipinski definition) is 0. The number of pyridine rings is 1. The molecule has 0 radical (unpaired) electrons. The Kier molecular flexibility index (Phi) is 2.60. The highest BCUT2D eigenvalue weighted by Crippen LogP contribution is 2.29. The zero-order valence-electron chi connectivity index (χ0n) is 10.3. The van der Waals surface area contributed by atoms with Gasteiger partial charge in [-0.2, -0.15) is 0 Å². The van der Waals surface area contributed by atoms with E-state index < -0.39 is 0 Å². The van der Waals surface area contributed by atoms with E-state index in [2.05, 4.69) is 53.6 Å². The van der Waals surface area contributed by atoms with Gasteiger partial charge in [0.05, 0.1) is 5.69 Å². The molecule has 2 heterocycles. The molecule has 3 rings (SSSR count). The van der Waals surface area contributed by atoms with Crippen LogP contribution in [0.3, 0.4) is 0 Å². The number of rotatable bonds is 1. The average Bonchev–Trinajstić information content (AvgIpc) is 2.68. The van der Waals surface area contributed by atoms with E-state index in [4.69, 9.17) is 11.6 Å². The van der Waals surface area contributed by atoms with Gasteiger partial charge in [-0.15, -0.1) is 0 Å². The second-order valence-corrected chi connectivity index (χ2v) is 4.84. The monoisotopic (exact) mass is 256 g/mol. The Morgan fingerprint density at radius 1 is 1.00 bits per heavy atom. The molecule has 2 aromatic heterocycles. The molecule has 0 aliphatic carbocycles. The maximum absolute atomic E-state index is 6.28. The lowest BCUT2D eigenvalue weighted by atomic mass is 10.1. The van der Waals surface area contributed by atoms with E-state index in [0.29, 0.717) is 5.15 Å². The number of nitrogens with zero attached hydrogens (tertiary/aromatic N) is 2. The van der Waals surface area contributed by atoms with E-state index >= 15 is 0 Å². The summed E-state index contributed by atoms with van der Waals surface area (Å²) in [5.41, 5.74) is 5.30. The Morgan fingerprint density at radius 2 is 1.72 bits per heavy atom. The number of benzene rings is 1. The van der Waals surface area contributed by atoms with Crippen LogP contribution in [0.25, 0.3) is 16.9 Å². The van der Waals surface area contributed by atoms with Crippen LogP contribution < -0.4 is 0 Å². The minimum Gasteiger partial charge on any atom is -0.295 e. The average molecular weight is 257 g/mol. The molecule has 0 saturated carbocycles. The molecule has 0 bridgehead atoms. The van der Waals surface area contributed by atoms with Crippen LogP contribution in [-0.2, 0) is 0 Å². The smallest absolute Gasteiger partial charge is 0.156 e. The van der Waals surface area contributed by atoms with Crippen molar-refractivity contribution < 1.29 is 0 Å². The zero-order chi connectivity index (χ0) is 12.7. The topological polar surface area (TPSA) is 17.3 Å². The van der Waals surface area contributed by atoms with Gasteiger partial charge < -0.3 is 0 Å². The van der Waals surface area contributed by atoms with Crippen LogP contribution in [0.5, 0.6) is 0 Å². The van der Waals surface area contributed by atoms with E-state index in [0.717, 1.165) is 22.6 Å². The van der Waals surface area contributed by atoms with Crippen molar-refractivity contribution in [3.8, 4) is 11.3 Å². The summed E-state index contributed by atoms with van der Waals surface area (Å²) < 4.78 is 2.09. The van der Waals surface area contributed by atoms with Gasteiger partial charge in [-0.1, -0.05) is 47.5 Å². The fraction of sp³-hybridized carbons (Fsp3) is 0.133. The molecule has 0 unspecified atom stereocenters. The molecule has 2 nitrogen and oxygen atoms in total. The van der Waals surface area contributed by atoms with Crippen molar-refractivity contribution in [2.24, 2.45) is 0 Å². The second-order valence-electron chi connectivity index (χ2n) is 4.48. The number of aryl methyl sites for hydroxylation is 2. The maximum Gasteiger partial charge on any atom is 0.156 e. The van der Waals surface area contributed by atoms with Gasteiger partial charge in [-0.25, -0.2) is 4.98 Å². The summed E-state index contributed by atoms with van der Waals surface area (Å²) in [6.45, 7) is 4.13. The van der Waals surface area contributed by atoms with Crippen molar-refractivity contribution in [3.63, 3.8) is 0 Å². The quantitative estimate of drug-likeness (QED) is 0.636. The van der Waals surface area contributed by atoms with Gasteiger partial charge in [0.25, 0.3) is 0 Å². The molecule has 0 atom stereocenters. The Balaban J connectivity index is 2.34. The van der Waals surface area contributed by atoms with Crippen molar-refractivity contribution in [1.82, 2.24) is 9.38 Å². The Bertz CT molecular complexity index is 711. The molecular formula is C15H13ClN2. The van der Waals surface area contributed by atoms with E-state index in [1.165, 1.54) is 5.56 Å². The van der Waals surface area contributed by atoms with Crippen molar-refractivity contribution in [1.29, 1.82) is 0 Å². The molecule has 90 valence electrons. The van der Waals surface area contributed by atoms with Gasteiger partial charge in [0.2, 0.25) is 0 Å². The van der Waals surface area contributed by atoms with Crippen LogP contribution in [0.2, 0.25) is 5.15 Å². The van der Waals surface area contributed by atoms with Crippen LogP contribution in [0.15, 0.2) is 42.5 Å². The number of fused-ring (bicyclic) bond motifs is 1. The standard InChI is InChI=1S/C15H13ClN2/c1-10-6-8-12(9-7-10)14-15(16)17-13-5-3-4-11(2)18(13)14/h3-9H,1-2H3. The van der Waals surface area contributed by atoms with Gasteiger partial charge in [-0.3, -0.25) is 4.40 Å². The van der Waals surface area contributed by atoms with Crippen LogP contribution in [0, 0.1) is 13.8 Å². The first-order valence-electron chi connectivity index (χ1n) is 5.87. The molecule has 0 aliphatic heterocycles. The molecule has 0 spiro atoms. The highest BCUT2D eigenvalue weighted by atomic mass is 35.5. The zero-order valence-corrected chi connectivity index (χ0v) is 11.1. The molecule has 1 aromatic carbocycles. The molecule has 3 heteroatoms. The summed E-state index contributed by atoms with van der Waals surface area (Å²) >= 11 is 6.28. The summed E-state index contributed by atoms with van der Waals surface area (Å²) in [5, 5.41) is 0.549. The molecular weight excluding hydrogens is 244 g/mol. The van der Waals surface area contributed by atoms with Crippen LogP contribution >= 0.6 is 11.6 Å². The van der Waals surface area contributed by atoms with E-state index in [9.17, 15) is 0 Å². The first kappa shape index (κ1) is 11.3. The minimum atomic E-state index is 0.549. The highest BCUT2D eigenvalue weighted by molar-refractivity contribution is 6.32. The maximum atomic E-state index is 6.28. The Labute approximate surface area is 111 Å². The minimum absolute atomic E-state index is 0.549. The lowest BCUT2D eigenvalue weighted by Gasteiger charge is -2.06. The fourth-order valence-electron chi connectivity index (χ4n) is 2.19. The summed E-state index contributed by atoms with van der Waals surface area (Å²) in [6, 6.07) is 14.4. The Hall–Kier alpha value is -1.80. The molecule has 0 N–H and O–H groups in total. The fourth-order valence-corrected chi connectivity index (χ4v) is 2.47. The first-order valence-corrected chi connectivity index (χ1v) is 6.25. The molecule has 0 aliphatic rings. The highest BCUT2D eigenvalue weighted by Gasteiger charge is 2.13. The van der Waals surface area contributed by atoms with Crippen LogP contribution in [0.4, 0.5) is 0 Å². The van der Waals surface area contributed by atoms with Crippen LogP contribution in [0.1, 0.15) is 11.3 Å².